The molecule has 0 aliphatic carbocycles. The van der Waals surface area contributed by atoms with Crippen LogP contribution in [-0.2, 0) is 0 Å². The average molecular weight is 364 g/mol. The molecule has 27 heavy (non-hydrogen) atoms. The zero-order chi connectivity index (χ0) is 18.6. The maximum atomic E-state index is 6.03. The van der Waals surface area contributed by atoms with Gasteiger partial charge in [-0.25, -0.2) is 9.50 Å². The molecule has 0 saturated heterocycles. The standard InChI is InChI=1S/C21H24N4O2/c1-3-24(4-2)11-7-13-26-20-15-17(21-22-10-12-25(21)23-20)19-14-16-8-5-6-9-18(16)27-19/h5-6,8-10,12,14-15H,3-4,7,11,13H2,1-2H3. The first-order valence-corrected chi connectivity index (χ1v) is 9.47. The minimum atomic E-state index is 0.579. The van der Waals surface area contributed by atoms with E-state index in [1.807, 2.05) is 42.6 Å². The first-order chi connectivity index (χ1) is 13.3. The Bertz CT molecular complexity index is 1000. The first-order valence-electron chi connectivity index (χ1n) is 9.47. The Morgan fingerprint density at radius 3 is 2.81 bits per heavy atom. The summed E-state index contributed by atoms with van der Waals surface area (Å²) in [5.74, 6) is 1.35. The molecule has 140 valence electrons. The quantitative estimate of drug-likeness (QED) is 0.437. The van der Waals surface area contributed by atoms with Crippen LogP contribution in [0.5, 0.6) is 5.88 Å². The van der Waals surface area contributed by atoms with Crippen molar-refractivity contribution in [3.63, 3.8) is 0 Å². The van der Waals surface area contributed by atoms with Crippen LogP contribution < -0.4 is 4.74 Å². The van der Waals surface area contributed by atoms with E-state index in [4.69, 9.17) is 9.15 Å². The number of fused-ring (bicyclic) bond motifs is 2. The first kappa shape index (κ1) is 17.5. The van der Waals surface area contributed by atoms with E-state index in [1.165, 1.54) is 0 Å². The topological polar surface area (TPSA) is 55.8 Å². The Labute approximate surface area is 158 Å². The Morgan fingerprint density at radius 2 is 2.00 bits per heavy atom. The summed E-state index contributed by atoms with van der Waals surface area (Å²) in [6, 6.07) is 11.9. The van der Waals surface area contributed by atoms with Crippen molar-refractivity contribution in [2.24, 2.45) is 0 Å². The highest BCUT2D eigenvalue weighted by molar-refractivity contribution is 5.86. The molecule has 0 spiro atoms. The van der Waals surface area contributed by atoms with Gasteiger partial charge in [0.1, 0.15) is 11.3 Å². The number of furan rings is 1. The van der Waals surface area contributed by atoms with Crippen LogP contribution in [0, 0.1) is 0 Å². The predicted octanol–water partition coefficient (Wildman–Crippen LogP) is 4.25. The molecule has 0 aliphatic heterocycles. The highest BCUT2D eigenvalue weighted by Gasteiger charge is 2.14. The van der Waals surface area contributed by atoms with E-state index in [9.17, 15) is 0 Å². The average Bonchev–Trinajstić information content (AvgIpc) is 3.34. The molecule has 0 unspecified atom stereocenters. The summed E-state index contributed by atoms with van der Waals surface area (Å²) in [4.78, 5) is 6.81. The molecule has 0 fully saturated rings. The van der Waals surface area contributed by atoms with Crippen LogP contribution in [0.4, 0.5) is 0 Å². The molecule has 0 bridgehead atoms. The second-order valence-electron chi connectivity index (χ2n) is 6.47. The molecule has 0 saturated carbocycles. The van der Waals surface area contributed by atoms with E-state index in [0.717, 1.165) is 54.0 Å². The fourth-order valence-electron chi connectivity index (χ4n) is 3.26. The summed E-state index contributed by atoms with van der Waals surface area (Å²) in [5.41, 5.74) is 2.49. The zero-order valence-corrected chi connectivity index (χ0v) is 15.8. The largest absolute Gasteiger partial charge is 0.477 e. The summed E-state index contributed by atoms with van der Waals surface area (Å²) in [6.07, 6.45) is 4.52. The Balaban J connectivity index is 1.58. The van der Waals surface area contributed by atoms with Crippen molar-refractivity contribution in [2.45, 2.75) is 20.3 Å². The van der Waals surface area contributed by atoms with Gasteiger partial charge in [0.15, 0.2) is 5.65 Å². The summed E-state index contributed by atoms with van der Waals surface area (Å²) >= 11 is 0. The zero-order valence-electron chi connectivity index (χ0n) is 15.8. The van der Waals surface area contributed by atoms with Crippen molar-refractivity contribution in [3.8, 4) is 17.2 Å². The van der Waals surface area contributed by atoms with E-state index in [2.05, 4.69) is 28.8 Å². The SMILES string of the molecule is CCN(CC)CCCOc1cc(-c2cc3ccccc3o2)c2nccn2n1. The van der Waals surface area contributed by atoms with Gasteiger partial charge in [-0.3, -0.25) is 0 Å². The van der Waals surface area contributed by atoms with Crippen molar-refractivity contribution in [1.29, 1.82) is 0 Å². The Hall–Kier alpha value is -2.86. The Morgan fingerprint density at radius 1 is 1.15 bits per heavy atom. The maximum absolute atomic E-state index is 6.03. The maximum Gasteiger partial charge on any atom is 0.232 e. The van der Waals surface area contributed by atoms with Gasteiger partial charge in [-0.15, -0.1) is 5.10 Å². The third-order valence-electron chi connectivity index (χ3n) is 4.79. The molecule has 4 aromatic rings. The molecule has 0 atom stereocenters. The molecule has 4 rings (SSSR count). The lowest BCUT2D eigenvalue weighted by Crippen LogP contribution is -2.25. The number of rotatable bonds is 8. The fraction of sp³-hybridized carbons (Fsp3) is 0.333. The number of benzene rings is 1. The highest BCUT2D eigenvalue weighted by Crippen LogP contribution is 2.31. The number of nitrogens with zero attached hydrogens (tertiary/aromatic N) is 4. The molecule has 6 heteroatoms. The number of hydrogen-bond acceptors (Lipinski definition) is 5. The smallest absolute Gasteiger partial charge is 0.232 e. The summed E-state index contributed by atoms with van der Waals surface area (Å²) in [5, 5.41) is 5.57. The van der Waals surface area contributed by atoms with Crippen LogP contribution in [0.1, 0.15) is 20.3 Å². The third-order valence-corrected chi connectivity index (χ3v) is 4.79. The molecule has 0 radical (unpaired) electrons. The third kappa shape index (κ3) is 3.66. The van der Waals surface area contributed by atoms with Crippen molar-refractivity contribution in [3.05, 3.63) is 48.8 Å². The van der Waals surface area contributed by atoms with E-state index in [-0.39, 0.29) is 0 Å². The van der Waals surface area contributed by atoms with Gasteiger partial charge in [0.2, 0.25) is 5.88 Å². The number of ether oxygens (including phenoxy) is 1. The number of para-hydroxylation sites is 1. The molecule has 3 aromatic heterocycles. The second kappa shape index (κ2) is 7.80. The molecule has 1 aromatic carbocycles. The van der Waals surface area contributed by atoms with Crippen LogP contribution in [0.3, 0.4) is 0 Å². The van der Waals surface area contributed by atoms with Crippen LogP contribution in [0.2, 0.25) is 0 Å². The monoisotopic (exact) mass is 364 g/mol. The normalized spacial score (nSPS) is 11.7. The Kier molecular flexibility index (Phi) is 5.07. The molecule has 3 heterocycles. The molecule has 0 amide bonds. The minimum Gasteiger partial charge on any atom is -0.477 e. The minimum absolute atomic E-state index is 0.579. The molecule has 6 nitrogen and oxygen atoms in total. The van der Waals surface area contributed by atoms with Crippen molar-refractivity contribution in [2.75, 3.05) is 26.2 Å². The number of imidazole rings is 1. The lowest BCUT2D eigenvalue weighted by molar-refractivity contribution is 0.242. The van der Waals surface area contributed by atoms with Gasteiger partial charge in [0.25, 0.3) is 0 Å². The molecular weight excluding hydrogens is 340 g/mol. The van der Waals surface area contributed by atoms with E-state index in [1.54, 1.807) is 10.7 Å². The lowest BCUT2D eigenvalue weighted by atomic mass is 10.2. The second-order valence-corrected chi connectivity index (χ2v) is 6.47. The fourth-order valence-corrected chi connectivity index (χ4v) is 3.26. The molecule has 0 aliphatic rings. The number of aromatic nitrogens is 3. The molecule has 0 N–H and O–H groups in total. The van der Waals surface area contributed by atoms with Gasteiger partial charge in [0, 0.05) is 30.4 Å². The summed E-state index contributed by atoms with van der Waals surface area (Å²) < 4.78 is 13.7. The van der Waals surface area contributed by atoms with Crippen LogP contribution in [0.15, 0.2) is 53.2 Å². The van der Waals surface area contributed by atoms with Gasteiger partial charge in [-0.1, -0.05) is 32.0 Å². The van der Waals surface area contributed by atoms with Gasteiger partial charge in [0.05, 0.1) is 12.2 Å². The van der Waals surface area contributed by atoms with Gasteiger partial charge in [-0.05, 0) is 31.6 Å². The van der Waals surface area contributed by atoms with Gasteiger partial charge >= 0.3 is 0 Å². The number of hydrogen-bond donors (Lipinski definition) is 0. The van der Waals surface area contributed by atoms with E-state index in [0.29, 0.717) is 12.5 Å². The van der Waals surface area contributed by atoms with Crippen LogP contribution in [0.25, 0.3) is 27.9 Å². The summed E-state index contributed by atoms with van der Waals surface area (Å²) in [7, 11) is 0. The van der Waals surface area contributed by atoms with Gasteiger partial charge in [-0.2, -0.15) is 0 Å². The van der Waals surface area contributed by atoms with Crippen molar-refractivity contribution >= 4 is 16.6 Å². The lowest BCUT2D eigenvalue weighted by Gasteiger charge is -2.17. The van der Waals surface area contributed by atoms with E-state index < -0.39 is 0 Å². The predicted molar refractivity (Wildman–Crippen MR) is 106 cm³/mol. The van der Waals surface area contributed by atoms with Crippen molar-refractivity contribution < 1.29 is 9.15 Å². The van der Waals surface area contributed by atoms with Crippen molar-refractivity contribution in [1.82, 2.24) is 19.5 Å². The highest BCUT2D eigenvalue weighted by atomic mass is 16.5. The van der Waals surface area contributed by atoms with E-state index >= 15 is 0 Å². The van der Waals surface area contributed by atoms with Gasteiger partial charge < -0.3 is 14.1 Å². The molecular formula is C21H24N4O2. The van der Waals surface area contributed by atoms with Crippen LogP contribution >= 0.6 is 0 Å². The van der Waals surface area contributed by atoms with Crippen LogP contribution in [-0.4, -0.2) is 45.7 Å². The summed E-state index contributed by atoms with van der Waals surface area (Å²) in [6.45, 7) is 8.13.